The third-order valence-corrected chi connectivity index (χ3v) is 2.88. The highest BCUT2D eigenvalue weighted by Crippen LogP contribution is 2.15. The fraction of sp³-hybridized carbons (Fsp3) is 0.500. The molecule has 18 heavy (non-hydrogen) atoms. The van der Waals surface area contributed by atoms with Crippen molar-refractivity contribution in [3.05, 3.63) is 21.0 Å². The number of nitrogens with one attached hydrogen (secondary N) is 1. The molecule has 8 heteroatoms. The van der Waals surface area contributed by atoms with E-state index >= 15 is 0 Å². The van der Waals surface area contributed by atoms with Crippen LogP contribution in [0.25, 0.3) is 0 Å². The van der Waals surface area contributed by atoms with Crippen LogP contribution in [0.15, 0.2) is 15.5 Å². The van der Waals surface area contributed by atoms with Crippen LogP contribution in [0.2, 0.25) is 0 Å². The normalized spacial score (nSPS) is 10.2. The lowest BCUT2D eigenvalue weighted by Crippen LogP contribution is -2.28. The summed E-state index contributed by atoms with van der Waals surface area (Å²) >= 11 is 3.17. The van der Waals surface area contributed by atoms with Crippen molar-refractivity contribution >= 4 is 27.6 Å². The summed E-state index contributed by atoms with van der Waals surface area (Å²) in [6.07, 6.45) is 1.46. The molecule has 0 aromatic carbocycles. The van der Waals surface area contributed by atoms with Crippen molar-refractivity contribution in [2.24, 2.45) is 0 Å². The van der Waals surface area contributed by atoms with Crippen LogP contribution >= 0.6 is 15.9 Å². The van der Waals surface area contributed by atoms with Gasteiger partial charge in [0.1, 0.15) is 11.0 Å². The lowest BCUT2D eigenvalue weighted by atomic mass is 10.4. The highest BCUT2D eigenvalue weighted by Gasteiger charge is 2.11. The summed E-state index contributed by atoms with van der Waals surface area (Å²) in [5, 5.41) is 6.86. The van der Waals surface area contributed by atoms with Crippen molar-refractivity contribution < 1.29 is 14.3 Å². The average molecular weight is 320 g/mol. The smallest absolute Gasteiger partial charge is 0.327 e. The molecule has 1 rings (SSSR count). The highest BCUT2D eigenvalue weighted by atomic mass is 79.9. The fourth-order valence-corrected chi connectivity index (χ4v) is 1.62. The van der Waals surface area contributed by atoms with Gasteiger partial charge in [-0.15, -0.1) is 0 Å². The van der Waals surface area contributed by atoms with Gasteiger partial charge >= 0.3 is 5.97 Å². The second-order valence-corrected chi connectivity index (χ2v) is 4.12. The molecule has 1 heterocycles. The first kappa shape index (κ1) is 14.7. The van der Waals surface area contributed by atoms with Gasteiger partial charge in [0.15, 0.2) is 0 Å². The molecule has 0 saturated heterocycles. The molecular formula is C10H14BrN3O4. The molecule has 0 radical (unpaired) electrons. The number of esters is 1. The van der Waals surface area contributed by atoms with Crippen LogP contribution < -0.4 is 10.9 Å². The van der Waals surface area contributed by atoms with E-state index in [1.165, 1.54) is 13.3 Å². The van der Waals surface area contributed by atoms with E-state index in [0.717, 1.165) is 4.68 Å². The van der Waals surface area contributed by atoms with E-state index in [0.29, 0.717) is 23.3 Å². The predicted molar refractivity (Wildman–Crippen MR) is 68.6 cm³/mol. The van der Waals surface area contributed by atoms with Gasteiger partial charge in [-0.05, 0) is 15.9 Å². The Balaban J connectivity index is 2.84. The second kappa shape index (κ2) is 7.12. The molecule has 0 aliphatic carbocycles. The number of carbonyl (C=O) groups excluding carboxylic acids is 1. The van der Waals surface area contributed by atoms with Crippen molar-refractivity contribution in [3.8, 4) is 0 Å². The minimum Gasteiger partial charge on any atom is -0.468 e. The van der Waals surface area contributed by atoms with E-state index in [1.807, 2.05) is 0 Å². The Bertz CT molecular complexity index is 475. The highest BCUT2D eigenvalue weighted by molar-refractivity contribution is 9.10. The molecular weight excluding hydrogens is 306 g/mol. The monoisotopic (exact) mass is 319 g/mol. The van der Waals surface area contributed by atoms with Crippen LogP contribution in [-0.4, -0.2) is 43.1 Å². The first-order valence-electron chi connectivity index (χ1n) is 5.15. The molecule has 0 atom stereocenters. The number of hydrogen-bond donors (Lipinski definition) is 1. The van der Waals surface area contributed by atoms with E-state index in [4.69, 9.17) is 4.74 Å². The van der Waals surface area contributed by atoms with Gasteiger partial charge in [-0.3, -0.25) is 9.59 Å². The van der Waals surface area contributed by atoms with Gasteiger partial charge in [0, 0.05) is 13.7 Å². The topological polar surface area (TPSA) is 82.4 Å². The number of ether oxygens (including phenoxy) is 2. The van der Waals surface area contributed by atoms with E-state index in [9.17, 15) is 9.59 Å². The van der Waals surface area contributed by atoms with Gasteiger partial charge in [0.2, 0.25) is 0 Å². The average Bonchev–Trinajstić information content (AvgIpc) is 2.37. The number of aromatic nitrogens is 2. The molecule has 0 amide bonds. The number of rotatable bonds is 6. The maximum absolute atomic E-state index is 11.8. The van der Waals surface area contributed by atoms with Crippen LogP contribution in [0.5, 0.6) is 0 Å². The van der Waals surface area contributed by atoms with Crippen LogP contribution in [-0.2, 0) is 20.8 Å². The van der Waals surface area contributed by atoms with E-state index in [2.05, 4.69) is 31.1 Å². The summed E-state index contributed by atoms with van der Waals surface area (Å²) < 4.78 is 10.7. The van der Waals surface area contributed by atoms with Crippen molar-refractivity contribution in [2.75, 3.05) is 32.7 Å². The van der Waals surface area contributed by atoms with Gasteiger partial charge < -0.3 is 14.8 Å². The zero-order valence-electron chi connectivity index (χ0n) is 10.1. The van der Waals surface area contributed by atoms with Gasteiger partial charge in [-0.2, -0.15) is 5.10 Å². The van der Waals surface area contributed by atoms with E-state index in [1.54, 1.807) is 7.11 Å². The molecule has 0 aliphatic heterocycles. The molecule has 0 fully saturated rings. The maximum Gasteiger partial charge on any atom is 0.327 e. The van der Waals surface area contributed by atoms with Crippen LogP contribution in [0, 0.1) is 0 Å². The third kappa shape index (κ3) is 3.81. The zero-order chi connectivity index (χ0) is 13.5. The number of nitrogens with zero attached hydrogens (tertiary/aromatic N) is 2. The number of carbonyl (C=O) groups is 1. The molecule has 1 N–H and O–H groups in total. The molecule has 0 saturated carbocycles. The largest absolute Gasteiger partial charge is 0.468 e. The van der Waals surface area contributed by atoms with E-state index in [-0.39, 0.29) is 6.54 Å². The Hall–Kier alpha value is -1.41. The van der Waals surface area contributed by atoms with Crippen LogP contribution in [0.4, 0.5) is 5.69 Å². The molecule has 1 aromatic rings. The number of halogens is 1. The molecule has 100 valence electrons. The minimum atomic E-state index is -0.531. The van der Waals surface area contributed by atoms with Gasteiger partial charge in [0.25, 0.3) is 5.56 Å². The Morgan fingerprint density at radius 2 is 2.28 bits per heavy atom. The first-order chi connectivity index (χ1) is 8.60. The Morgan fingerprint density at radius 3 is 2.89 bits per heavy atom. The summed E-state index contributed by atoms with van der Waals surface area (Å²) in [7, 11) is 2.84. The second-order valence-electron chi connectivity index (χ2n) is 3.33. The molecule has 0 unspecified atom stereocenters. The standard InChI is InChI=1S/C10H14BrN3O4/c1-17-4-3-12-7-5-13-14(6-8(15)18-2)10(16)9(7)11/h5,12H,3-4,6H2,1-2H3. The Labute approximate surface area is 112 Å². The summed E-state index contributed by atoms with van der Waals surface area (Å²) in [5.74, 6) is -0.531. The number of anilines is 1. The summed E-state index contributed by atoms with van der Waals surface area (Å²) in [5.41, 5.74) is 0.154. The molecule has 1 aromatic heterocycles. The lowest BCUT2D eigenvalue weighted by molar-refractivity contribution is -0.141. The third-order valence-electron chi connectivity index (χ3n) is 2.11. The Morgan fingerprint density at radius 1 is 1.56 bits per heavy atom. The summed E-state index contributed by atoms with van der Waals surface area (Å²) in [6.45, 7) is 0.848. The summed E-state index contributed by atoms with van der Waals surface area (Å²) in [6, 6.07) is 0. The fourth-order valence-electron chi connectivity index (χ4n) is 1.18. The number of methoxy groups -OCH3 is 2. The molecule has 0 bridgehead atoms. The van der Waals surface area contributed by atoms with Gasteiger partial charge in [-0.25, -0.2) is 4.68 Å². The minimum absolute atomic E-state index is 0.216. The maximum atomic E-state index is 11.8. The van der Waals surface area contributed by atoms with Gasteiger partial charge in [0.05, 0.1) is 25.6 Å². The predicted octanol–water partition coefficient (Wildman–Crippen LogP) is 0.237. The quantitative estimate of drug-likeness (QED) is 0.597. The lowest BCUT2D eigenvalue weighted by Gasteiger charge is -2.09. The first-order valence-corrected chi connectivity index (χ1v) is 5.94. The van der Waals surface area contributed by atoms with Crippen molar-refractivity contribution in [3.63, 3.8) is 0 Å². The zero-order valence-corrected chi connectivity index (χ0v) is 11.7. The summed E-state index contributed by atoms with van der Waals surface area (Å²) in [4.78, 5) is 22.9. The molecule has 0 spiro atoms. The van der Waals surface area contributed by atoms with Gasteiger partial charge in [-0.1, -0.05) is 0 Å². The van der Waals surface area contributed by atoms with Crippen LogP contribution in [0.3, 0.4) is 0 Å². The van der Waals surface area contributed by atoms with E-state index < -0.39 is 11.5 Å². The molecule has 7 nitrogen and oxygen atoms in total. The van der Waals surface area contributed by atoms with Crippen molar-refractivity contribution in [2.45, 2.75) is 6.54 Å². The molecule has 0 aliphatic rings. The number of hydrogen-bond acceptors (Lipinski definition) is 6. The SMILES string of the molecule is COCCNc1cnn(CC(=O)OC)c(=O)c1Br. The van der Waals surface area contributed by atoms with Crippen LogP contribution in [0.1, 0.15) is 0 Å². The Kier molecular flexibility index (Phi) is 5.79. The van der Waals surface area contributed by atoms with Crippen molar-refractivity contribution in [1.29, 1.82) is 0 Å². The van der Waals surface area contributed by atoms with Crippen molar-refractivity contribution in [1.82, 2.24) is 9.78 Å².